The lowest BCUT2D eigenvalue weighted by atomic mass is 9.44. The molecule has 6 atom stereocenters. The molecular formula is C47H37NO6. The molecule has 1 heterocycles. The highest BCUT2D eigenvalue weighted by atomic mass is 16.5. The predicted octanol–water partition coefficient (Wildman–Crippen LogP) is 8.00. The Balaban J connectivity index is 1.23. The predicted molar refractivity (Wildman–Crippen MR) is 204 cm³/mol. The summed E-state index contributed by atoms with van der Waals surface area (Å²) in [6.07, 6.45) is 3.97. The third-order valence-electron chi connectivity index (χ3n) is 12.0. The topological polar surface area (TPSA) is 101 Å². The molecule has 266 valence electrons. The molecule has 6 unspecified atom stereocenters. The van der Waals surface area contributed by atoms with Crippen molar-refractivity contribution >= 4 is 34.6 Å². The van der Waals surface area contributed by atoms with Gasteiger partial charge in [0, 0.05) is 29.0 Å². The van der Waals surface area contributed by atoms with Crippen LogP contribution in [0.15, 0.2) is 157 Å². The number of aromatic hydroxyl groups is 1. The molecule has 0 radical (unpaired) electrons. The smallest absolute Gasteiger partial charge is 0.238 e. The van der Waals surface area contributed by atoms with Crippen LogP contribution in [0.4, 0.5) is 5.69 Å². The van der Waals surface area contributed by atoms with Crippen molar-refractivity contribution in [2.45, 2.75) is 30.8 Å². The Kier molecular flexibility index (Phi) is 8.22. The number of carbonyl (C=O) groups is 4. The summed E-state index contributed by atoms with van der Waals surface area (Å²) >= 11 is 0. The number of Topliss-reactive ketones (excluding diaryl/α,β-unsaturated/α-hetero) is 1. The fraction of sp³-hybridized carbons (Fsp3) is 0.191. The average Bonchev–Trinajstić information content (AvgIpc) is 3.48. The first-order valence-electron chi connectivity index (χ1n) is 18.4. The lowest BCUT2D eigenvalue weighted by Gasteiger charge is -2.55. The van der Waals surface area contributed by atoms with Gasteiger partial charge in [-0.2, -0.15) is 0 Å². The van der Waals surface area contributed by atoms with Crippen molar-refractivity contribution in [2.75, 3.05) is 4.90 Å². The molecule has 1 N–H and O–H groups in total. The number of amides is 2. The van der Waals surface area contributed by atoms with E-state index >= 15 is 9.59 Å². The maximum Gasteiger partial charge on any atom is 0.238 e. The van der Waals surface area contributed by atoms with Crippen molar-refractivity contribution in [2.24, 2.45) is 23.7 Å². The molecule has 0 bridgehead atoms. The Hall–Kier alpha value is -6.34. The van der Waals surface area contributed by atoms with Gasteiger partial charge in [-0.3, -0.25) is 24.1 Å². The molecule has 4 aliphatic rings. The highest BCUT2D eigenvalue weighted by molar-refractivity contribution is 6.32. The lowest BCUT2D eigenvalue weighted by molar-refractivity contribution is -0.135. The van der Waals surface area contributed by atoms with Crippen molar-refractivity contribution < 1.29 is 29.0 Å². The molecule has 9 rings (SSSR count). The molecule has 5 aromatic rings. The monoisotopic (exact) mass is 711 g/mol. The van der Waals surface area contributed by atoms with Crippen molar-refractivity contribution in [1.82, 2.24) is 0 Å². The Bertz CT molecular complexity index is 2350. The molecule has 54 heavy (non-hydrogen) atoms. The van der Waals surface area contributed by atoms with E-state index in [1.165, 1.54) is 11.0 Å². The van der Waals surface area contributed by atoms with E-state index in [0.717, 1.165) is 11.1 Å². The molecule has 7 nitrogen and oxygen atoms in total. The van der Waals surface area contributed by atoms with Crippen LogP contribution in [0.3, 0.4) is 0 Å². The highest BCUT2D eigenvalue weighted by Gasteiger charge is 2.66. The van der Waals surface area contributed by atoms with Crippen LogP contribution in [0.25, 0.3) is 5.57 Å². The van der Waals surface area contributed by atoms with Crippen LogP contribution < -0.4 is 9.64 Å². The fourth-order valence-electron chi connectivity index (χ4n) is 9.65. The fourth-order valence-corrected chi connectivity index (χ4v) is 9.65. The number of allylic oxidation sites excluding steroid dienone is 4. The molecule has 1 saturated carbocycles. The van der Waals surface area contributed by atoms with Gasteiger partial charge in [-0.05, 0) is 59.7 Å². The van der Waals surface area contributed by atoms with Crippen molar-refractivity contribution in [3.8, 4) is 11.5 Å². The standard InChI is InChI=1S/C47H37NO6/c49-40-25-33(54-28-29-13-5-1-6-14-29)21-22-35(40)43-34-23-24-36-42(46(53)48(45(36)52)32-19-11-4-12-20-32)38(34)26-39-44(51)37(30-15-7-2-8-16-30)27-41(50)47(39,43)31-17-9-3-10-18-31/h1-23,25,27,36,38-39,42-43,49H,24,26,28H2. The van der Waals surface area contributed by atoms with Crippen molar-refractivity contribution in [3.63, 3.8) is 0 Å². The van der Waals surface area contributed by atoms with Gasteiger partial charge in [0.2, 0.25) is 11.8 Å². The summed E-state index contributed by atoms with van der Waals surface area (Å²) in [5.74, 6) is -4.27. The van der Waals surface area contributed by atoms with E-state index < -0.39 is 35.0 Å². The largest absolute Gasteiger partial charge is 0.508 e. The van der Waals surface area contributed by atoms with Gasteiger partial charge in [0.05, 0.1) is 22.9 Å². The van der Waals surface area contributed by atoms with Gasteiger partial charge in [0.15, 0.2) is 11.6 Å². The van der Waals surface area contributed by atoms with Crippen LogP contribution in [-0.2, 0) is 31.2 Å². The molecular weight excluding hydrogens is 675 g/mol. The maximum absolute atomic E-state index is 15.3. The number of ether oxygens (including phenoxy) is 1. The zero-order valence-electron chi connectivity index (χ0n) is 29.4. The number of hydrogen-bond acceptors (Lipinski definition) is 6. The second kappa shape index (κ2) is 13.3. The van der Waals surface area contributed by atoms with Gasteiger partial charge >= 0.3 is 0 Å². The van der Waals surface area contributed by atoms with Crippen LogP contribution in [0.2, 0.25) is 0 Å². The number of benzene rings is 5. The number of hydrogen-bond donors (Lipinski definition) is 1. The minimum absolute atomic E-state index is 0.0823. The van der Waals surface area contributed by atoms with Crippen molar-refractivity contribution in [3.05, 3.63) is 180 Å². The Morgan fingerprint density at radius 2 is 1.37 bits per heavy atom. The molecule has 5 aromatic carbocycles. The quantitative estimate of drug-likeness (QED) is 0.136. The summed E-state index contributed by atoms with van der Waals surface area (Å²) in [6, 6.07) is 42.3. The molecule has 0 spiro atoms. The molecule has 3 aliphatic carbocycles. The molecule has 2 amide bonds. The van der Waals surface area contributed by atoms with Crippen LogP contribution in [0.1, 0.15) is 41.0 Å². The average molecular weight is 712 g/mol. The molecule has 2 fully saturated rings. The second-order valence-corrected chi connectivity index (χ2v) is 14.6. The van der Waals surface area contributed by atoms with E-state index in [1.54, 1.807) is 42.5 Å². The lowest BCUT2D eigenvalue weighted by Crippen LogP contribution is -2.58. The zero-order chi connectivity index (χ0) is 37.0. The number of carbonyl (C=O) groups excluding carboxylic acids is 4. The number of phenols is 1. The van der Waals surface area contributed by atoms with E-state index in [-0.39, 0.29) is 35.6 Å². The molecule has 7 heteroatoms. The van der Waals surface area contributed by atoms with E-state index in [1.807, 2.05) is 103 Å². The van der Waals surface area contributed by atoms with Crippen LogP contribution >= 0.6 is 0 Å². The summed E-state index contributed by atoms with van der Waals surface area (Å²) in [5.41, 5.74) is 2.91. The molecule has 1 saturated heterocycles. The minimum atomic E-state index is -1.44. The van der Waals surface area contributed by atoms with Gasteiger partial charge in [-0.1, -0.05) is 127 Å². The number of anilines is 1. The summed E-state index contributed by atoms with van der Waals surface area (Å²) in [5, 5.41) is 12.0. The Labute approximate surface area is 313 Å². The van der Waals surface area contributed by atoms with Gasteiger partial charge in [0.1, 0.15) is 18.1 Å². The number of nitrogens with zero attached hydrogens (tertiary/aromatic N) is 1. The van der Waals surface area contributed by atoms with Gasteiger partial charge in [-0.25, -0.2) is 0 Å². The molecule has 0 aromatic heterocycles. The van der Waals surface area contributed by atoms with Crippen LogP contribution in [0, 0.1) is 23.7 Å². The third-order valence-corrected chi connectivity index (χ3v) is 12.0. The zero-order valence-corrected chi connectivity index (χ0v) is 29.4. The Morgan fingerprint density at radius 3 is 2.06 bits per heavy atom. The maximum atomic E-state index is 15.3. The first-order chi connectivity index (χ1) is 26.4. The summed E-state index contributed by atoms with van der Waals surface area (Å²) in [6.45, 7) is 0.295. The van der Waals surface area contributed by atoms with E-state index in [4.69, 9.17) is 4.74 Å². The second-order valence-electron chi connectivity index (χ2n) is 14.6. The van der Waals surface area contributed by atoms with Gasteiger partial charge in [-0.15, -0.1) is 0 Å². The number of phenolic OH excluding ortho intramolecular Hbond substituents is 1. The number of fused-ring (bicyclic) bond motifs is 4. The number of imide groups is 1. The summed E-state index contributed by atoms with van der Waals surface area (Å²) in [4.78, 5) is 60.3. The van der Waals surface area contributed by atoms with E-state index in [0.29, 0.717) is 46.7 Å². The minimum Gasteiger partial charge on any atom is -0.508 e. The first-order valence-corrected chi connectivity index (χ1v) is 18.4. The first kappa shape index (κ1) is 33.5. The number of ketones is 2. The number of rotatable bonds is 7. The van der Waals surface area contributed by atoms with Gasteiger partial charge in [0.25, 0.3) is 0 Å². The molecule has 1 aliphatic heterocycles. The Morgan fingerprint density at radius 1 is 0.722 bits per heavy atom. The highest BCUT2D eigenvalue weighted by Crippen LogP contribution is 2.64. The number of para-hydroxylation sites is 1. The van der Waals surface area contributed by atoms with Gasteiger partial charge < -0.3 is 9.84 Å². The van der Waals surface area contributed by atoms with Crippen LogP contribution in [-0.4, -0.2) is 28.5 Å². The van der Waals surface area contributed by atoms with Crippen molar-refractivity contribution in [1.29, 1.82) is 0 Å². The van der Waals surface area contributed by atoms with Crippen LogP contribution in [0.5, 0.6) is 11.5 Å². The SMILES string of the molecule is O=C1C(c2ccccc2)=CC(=O)C2(c3ccccc3)C1CC1C(=CCC3C(=O)N(c4ccccc4)C(=O)C31)C2c1ccc(OCc2ccccc2)cc1O. The third kappa shape index (κ3) is 5.17. The van der Waals surface area contributed by atoms with E-state index in [9.17, 15) is 14.7 Å². The summed E-state index contributed by atoms with van der Waals surface area (Å²) < 4.78 is 6.08. The normalized spacial score (nSPS) is 26.0. The summed E-state index contributed by atoms with van der Waals surface area (Å²) in [7, 11) is 0. The van der Waals surface area contributed by atoms with E-state index in [2.05, 4.69) is 0 Å².